The van der Waals surface area contributed by atoms with E-state index in [9.17, 15) is 19.2 Å². The maximum absolute atomic E-state index is 12.8. The first-order valence-corrected chi connectivity index (χ1v) is 10.3. The van der Waals surface area contributed by atoms with Crippen LogP contribution in [-0.4, -0.2) is 36.7 Å². The number of piperidine rings is 2. The van der Waals surface area contributed by atoms with Crippen molar-refractivity contribution in [3.63, 3.8) is 0 Å². The Bertz CT molecular complexity index is 816. The number of carbonyl (C=O) groups is 4. The van der Waals surface area contributed by atoms with Gasteiger partial charge in [-0.2, -0.15) is 0 Å². The van der Waals surface area contributed by atoms with Crippen LogP contribution in [0.2, 0.25) is 0 Å². The molecule has 2 aliphatic heterocycles. The Hall–Kier alpha value is -2.90. The number of carbonyl (C=O) groups excluding carboxylic acids is 4. The zero-order valence-corrected chi connectivity index (χ0v) is 18.0. The Balaban J connectivity index is 1.71. The van der Waals surface area contributed by atoms with Gasteiger partial charge < -0.3 is 21.3 Å². The summed E-state index contributed by atoms with van der Waals surface area (Å²) in [5, 5.41) is 11.5. The fourth-order valence-electron chi connectivity index (χ4n) is 3.75. The number of hydrogen-bond donors (Lipinski definition) is 4. The molecule has 8 nitrogen and oxygen atoms in total. The number of hydrogen-bond acceptors (Lipinski definition) is 4. The highest BCUT2D eigenvalue weighted by Gasteiger charge is 2.38. The summed E-state index contributed by atoms with van der Waals surface area (Å²) < 4.78 is 0. The van der Waals surface area contributed by atoms with Crippen LogP contribution >= 0.6 is 0 Å². The summed E-state index contributed by atoms with van der Waals surface area (Å²) >= 11 is 0. The highest BCUT2D eigenvalue weighted by molar-refractivity contribution is 5.99. The molecule has 0 radical (unpaired) electrons. The van der Waals surface area contributed by atoms with Gasteiger partial charge in [-0.3, -0.25) is 19.2 Å². The van der Waals surface area contributed by atoms with Crippen molar-refractivity contribution >= 4 is 35.0 Å². The van der Waals surface area contributed by atoms with Gasteiger partial charge in [0, 0.05) is 37.3 Å². The number of benzene rings is 1. The van der Waals surface area contributed by atoms with E-state index in [1.807, 2.05) is 27.7 Å². The molecule has 2 fully saturated rings. The molecule has 3 rings (SSSR count). The first-order valence-electron chi connectivity index (χ1n) is 10.3. The Morgan fingerprint density at radius 1 is 0.800 bits per heavy atom. The zero-order chi connectivity index (χ0) is 22.1. The topological polar surface area (TPSA) is 116 Å². The number of nitrogens with one attached hydrogen (secondary N) is 4. The van der Waals surface area contributed by atoms with Crippen molar-refractivity contribution < 1.29 is 19.2 Å². The molecule has 8 heteroatoms. The lowest BCUT2D eigenvalue weighted by Crippen LogP contribution is -2.48. The molecule has 4 amide bonds. The Morgan fingerprint density at radius 2 is 1.17 bits per heavy atom. The molecule has 1 aromatic carbocycles. The normalized spacial score (nSPS) is 26.4. The molecule has 0 aliphatic carbocycles. The van der Waals surface area contributed by atoms with Crippen molar-refractivity contribution in [2.75, 3.05) is 23.7 Å². The van der Waals surface area contributed by atoms with Crippen LogP contribution < -0.4 is 21.3 Å². The standard InChI is InChI=1S/C22H30N4O4/c1-13-14(2)16(26-20(30)22(4)10-8-18(28)24-12-22)6-5-15(13)25-19(29)21(3)9-7-17(27)23-11-21/h5-6H,7-12H2,1-4H3,(H,23,27)(H,24,28)(H,25,29)(H,26,30). The Morgan fingerprint density at radius 3 is 1.47 bits per heavy atom. The van der Waals surface area contributed by atoms with E-state index in [1.54, 1.807) is 12.1 Å². The van der Waals surface area contributed by atoms with Gasteiger partial charge in [0.1, 0.15) is 0 Å². The maximum Gasteiger partial charge on any atom is 0.232 e. The van der Waals surface area contributed by atoms with Crippen molar-refractivity contribution in [3.8, 4) is 0 Å². The molecule has 2 saturated heterocycles. The van der Waals surface area contributed by atoms with E-state index in [2.05, 4.69) is 21.3 Å². The van der Waals surface area contributed by atoms with Gasteiger partial charge in [-0.15, -0.1) is 0 Å². The van der Waals surface area contributed by atoms with E-state index in [1.165, 1.54) is 0 Å². The van der Waals surface area contributed by atoms with Gasteiger partial charge in [-0.25, -0.2) is 0 Å². The first kappa shape index (κ1) is 21.8. The second-order valence-corrected chi connectivity index (χ2v) is 8.99. The third-order valence-electron chi connectivity index (χ3n) is 6.54. The number of amides is 4. The molecule has 0 aromatic heterocycles. The maximum atomic E-state index is 12.8. The van der Waals surface area contributed by atoms with Crippen molar-refractivity contribution in [2.24, 2.45) is 10.8 Å². The van der Waals surface area contributed by atoms with Crippen molar-refractivity contribution in [1.29, 1.82) is 0 Å². The van der Waals surface area contributed by atoms with Gasteiger partial charge in [-0.1, -0.05) is 0 Å². The molecule has 1 aromatic rings. The molecule has 2 atom stereocenters. The van der Waals surface area contributed by atoms with E-state index in [0.717, 1.165) is 11.1 Å². The van der Waals surface area contributed by atoms with E-state index in [0.29, 0.717) is 50.1 Å². The van der Waals surface area contributed by atoms with Gasteiger partial charge >= 0.3 is 0 Å². The van der Waals surface area contributed by atoms with Crippen molar-refractivity contribution in [1.82, 2.24) is 10.6 Å². The van der Waals surface area contributed by atoms with Gasteiger partial charge in [0.15, 0.2) is 0 Å². The fraction of sp³-hybridized carbons (Fsp3) is 0.545. The number of anilines is 2. The van der Waals surface area contributed by atoms with Crippen LogP contribution in [0, 0.1) is 24.7 Å². The highest BCUT2D eigenvalue weighted by Crippen LogP contribution is 2.32. The Kier molecular flexibility index (Phi) is 5.87. The second kappa shape index (κ2) is 8.08. The zero-order valence-electron chi connectivity index (χ0n) is 18.0. The van der Waals surface area contributed by atoms with Crippen LogP contribution in [-0.2, 0) is 19.2 Å². The van der Waals surface area contributed by atoms with E-state index in [4.69, 9.17) is 0 Å². The molecule has 2 heterocycles. The lowest BCUT2D eigenvalue weighted by atomic mass is 9.81. The minimum atomic E-state index is -0.652. The fourth-order valence-corrected chi connectivity index (χ4v) is 3.75. The van der Waals surface area contributed by atoms with E-state index in [-0.39, 0.29) is 23.6 Å². The van der Waals surface area contributed by atoms with Crippen LogP contribution in [0.25, 0.3) is 0 Å². The quantitative estimate of drug-likeness (QED) is 0.603. The van der Waals surface area contributed by atoms with Gasteiger partial charge in [0.25, 0.3) is 0 Å². The predicted octanol–water partition coefficient (Wildman–Crippen LogP) is 2.01. The summed E-state index contributed by atoms with van der Waals surface area (Å²) in [4.78, 5) is 48.5. The molecule has 2 aliphatic rings. The molecule has 30 heavy (non-hydrogen) atoms. The molecule has 162 valence electrons. The molecule has 2 unspecified atom stereocenters. The van der Waals surface area contributed by atoms with Crippen LogP contribution in [0.5, 0.6) is 0 Å². The third kappa shape index (κ3) is 4.32. The van der Waals surface area contributed by atoms with Crippen LogP contribution in [0.15, 0.2) is 12.1 Å². The first-order chi connectivity index (χ1) is 14.0. The second-order valence-electron chi connectivity index (χ2n) is 8.99. The molecular weight excluding hydrogens is 384 g/mol. The van der Waals surface area contributed by atoms with Crippen molar-refractivity contribution in [3.05, 3.63) is 23.3 Å². The van der Waals surface area contributed by atoms with Crippen LogP contribution in [0.4, 0.5) is 11.4 Å². The highest BCUT2D eigenvalue weighted by atomic mass is 16.2. The third-order valence-corrected chi connectivity index (χ3v) is 6.54. The summed E-state index contributed by atoms with van der Waals surface area (Å²) in [7, 11) is 0. The monoisotopic (exact) mass is 414 g/mol. The minimum absolute atomic E-state index is 0.0291. The van der Waals surface area contributed by atoms with E-state index < -0.39 is 10.8 Å². The average molecular weight is 415 g/mol. The van der Waals surface area contributed by atoms with E-state index >= 15 is 0 Å². The van der Waals surface area contributed by atoms with Gasteiger partial charge in [0.2, 0.25) is 23.6 Å². The summed E-state index contributed by atoms with van der Waals surface area (Å²) in [5.74, 6) is -0.322. The number of rotatable bonds is 4. The van der Waals surface area contributed by atoms with Crippen molar-refractivity contribution in [2.45, 2.75) is 53.4 Å². The lowest BCUT2D eigenvalue weighted by molar-refractivity contribution is -0.132. The Labute approximate surface area is 176 Å². The minimum Gasteiger partial charge on any atom is -0.355 e. The molecule has 0 saturated carbocycles. The van der Waals surface area contributed by atoms with Gasteiger partial charge in [0.05, 0.1) is 10.8 Å². The average Bonchev–Trinajstić information content (AvgIpc) is 2.72. The SMILES string of the molecule is Cc1c(NC(=O)C2(C)CCC(=O)NC2)ccc(NC(=O)C2(C)CCC(=O)NC2)c1C. The largest absolute Gasteiger partial charge is 0.355 e. The smallest absolute Gasteiger partial charge is 0.232 e. The summed E-state index contributed by atoms with van der Waals surface area (Å²) in [6.45, 7) is 8.13. The molecule has 0 bridgehead atoms. The molecular formula is C22H30N4O4. The van der Waals surface area contributed by atoms with Crippen LogP contribution in [0.3, 0.4) is 0 Å². The molecule has 0 spiro atoms. The summed E-state index contributed by atoms with van der Waals surface area (Å²) in [6.07, 6.45) is 1.69. The lowest BCUT2D eigenvalue weighted by Gasteiger charge is -2.33. The summed E-state index contributed by atoms with van der Waals surface area (Å²) in [6, 6.07) is 3.57. The molecule has 4 N–H and O–H groups in total. The summed E-state index contributed by atoms with van der Waals surface area (Å²) in [5.41, 5.74) is 1.80. The van der Waals surface area contributed by atoms with Gasteiger partial charge in [-0.05, 0) is 63.8 Å². The predicted molar refractivity (Wildman–Crippen MR) is 114 cm³/mol. The van der Waals surface area contributed by atoms with Crippen LogP contribution in [0.1, 0.15) is 50.7 Å².